The van der Waals surface area contributed by atoms with Crippen molar-refractivity contribution in [2.24, 2.45) is 0 Å². The zero-order valence-corrected chi connectivity index (χ0v) is 12.1. The molecule has 1 amide bonds. The van der Waals surface area contributed by atoms with Gasteiger partial charge in [-0.2, -0.15) is 0 Å². The van der Waals surface area contributed by atoms with Gasteiger partial charge in [0.2, 0.25) is 5.91 Å². The van der Waals surface area contributed by atoms with Crippen LogP contribution in [0.4, 0.5) is 5.69 Å². The number of amides is 1. The second-order valence-corrected chi connectivity index (χ2v) is 5.10. The zero-order chi connectivity index (χ0) is 14.0. The summed E-state index contributed by atoms with van der Waals surface area (Å²) < 4.78 is 5.47. The fourth-order valence-electron chi connectivity index (χ4n) is 2.76. The maximum absolute atomic E-state index is 12.2. The second-order valence-electron chi connectivity index (χ2n) is 5.10. The Kier molecular flexibility index (Phi) is 4.10. The van der Waals surface area contributed by atoms with E-state index in [1.54, 1.807) is 7.11 Å². The summed E-state index contributed by atoms with van der Waals surface area (Å²) >= 11 is 0. The minimum Gasteiger partial charge on any atom is -0.494 e. The van der Waals surface area contributed by atoms with E-state index < -0.39 is 0 Å². The van der Waals surface area contributed by atoms with E-state index in [0.29, 0.717) is 13.0 Å². The molecule has 0 radical (unpaired) electrons. The number of aryl methyl sites for hydroxylation is 2. The standard InChI is InChI=1S/C15H22N2O2/c1-5-16-12-8-14(18)17(9-12)13-7-10(2)6-11(3)15(13)19-4/h6-7,12,16H,5,8-9H2,1-4H3. The smallest absolute Gasteiger partial charge is 0.228 e. The third-order valence-corrected chi connectivity index (χ3v) is 3.51. The Labute approximate surface area is 114 Å². The number of carbonyl (C=O) groups is 1. The minimum absolute atomic E-state index is 0.161. The van der Waals surface area contributed by atoms with Gasteiger partial charge in [-0.1, -0.05) is 13.0 Å². The van der Waals surface area contributed by atoms with Gasteiger partial charge in [0.25, 0.3) is 0 Å². The molecule has 1 fully saturated rings. The number of nitrogens with zero attached hydrogens (tertiary/aromatic N) is 1. The Morgan fingerprint density at radius 2 is 2.16 bits per heavy atom. The molecule has 0 saturated carbocycles. The molecule has 1 aliphatic heterocycles. The van der Waals surface area contributed by atoms with Crippen molar-refractivity contribution in [1.82, 2.24) is 5.32 Å². The summed E-state index contributed by atoms with van der Waals surface area (Å²) in [5.41, 5.74) is 3.11. The Balaban J connectivity index is 2.34. The normalized spacial score (nSPS) is 19.1. The third kappa shape index (κ3) is 2.73. The number of anilines is 1. The van der Waals surface area contributed by atoms with Gasteiger partial charge in [-0.05, 0) is 37.6 Å². The van der Waals surface area contributed by atoms with Crippen molar-refractivity contribution in [2.75, 3.05) is 25.1 Å². The van der Waals surface area contributed by atoms with Crippen molar-refractivity contribution in [3.05, 3.63) is 23.3 Å². The molecule has 1 unspecified atom stereocenters. The van der Waals surface area contributed by atoms with E-state index in [4.69, 9.17) is 4.74 Å². The molecule has 1 aliphatic rings. The monoisotopic (exact) mass is 262 g/mol. The van der Waals surface area contributed by atoms with E-state index in [9.17, 15) is 4.79 Å². The Hall–Kier alpha value is -1.55. The van der Waals surface area contributed by atoms with Crippen molar-refractivity contribution in [1.29, 1.82) is 0 Å². The fourth-order valence-corrected chi connectivity index (χ4v) is 2.76. The van der Waals surface area contributed by atoms with Crippen molar-refractivity contribution >= 4 is 11.6 Å². The number of carbonyl (C=O) groups excluding carboxylic acids is 1. The van der Waals surface area contributed by atoms with E-state index in [0.717, 1.165) is 29.1 Å². The molecule has 4 heteroatoms. The first kappa shape index (κ1) is 13.9. The van der Waals surface area contributed by atoms with Crippen LogP contribution in [-0.2, 0) is 4.79 Å². The van der Waals surface area contributed by atoms with Crippen LogP contribution in [0.15, 0.2) is 12.1 Å². The van der Waals surface area contributed by atoms with Gasteiger partial charge in [-0.15, -0.1) is 0 Å². The highest BCUT2D eigenvalue weighted by molar-refractivity contribution is 5.98. The predicted molar refractivity (Wildman–Crippen MR) is 76.9 cm³/mol. The van der Waals surface area contributed by atoms with Crippen molar-refractivity contribution < 1.29 is 9.53 Å². The number of benzene rings is 1. The van der Waals surface area contributed by atoms with Crippen LogP contribution in [0.2, 0.25) is 0 Å². The molecule has 104 valence electrons. The van der Waals surface area contributed by atoms with Gasteiger partial charge in [0.05, 0.1) is 12.8 Å². The highest BCUT2D eigenvalue weighted by Gasteiger charge is 2.32. The maximum atomic E-state index is 12.2. The van der Waals surface area contributed by atoms with Gasteiger partial charge in [0.15, 0.2) is 0 Å². The van der Waals surface area contributed by atoms with Crippen LogP contribution in [0, 0.1) is 13.8 Å². The summed E-state index contributed by atoms with van der Waals surface area (Å²) in [5, 5.41) is 3.34. The van der Waals surface area contributed by atoms with E-state index in [-0.39, 0.29) is 11.9 Å². The van der Waals surface area contributed by atoms with Crippen LogP contribution in [0.3, 0.4) is 0 Å². The number of hydrogen-bond donors (Lipinski definition) is 1. The van der Waals surface area contributed by atoms with Crippen LogP contribution < -0.4 is 15.0 Å². The van der Waals surface area contributed by atoms with Crippen molar-refractivity contribution in [3.63, 3.8) is 0 Å². The van der Waals surface area contributed by atoms with Crippen LogP contribution in [0.25, 0.3) is 0 Å². The lowest BCUT2D eigenvalue weighted by Gasteiger charge is -2.22. The predicted octanol–water partition coefficient (Wildman–Crippen LogP) is 2.03. The topological polar surface area (TPSA) is 41.6 Å². The number of likely N-dealkylation sites (N-methyl/N-ethyl adjacent to an activating group) is 1. The summed E-state index contributed by atoms with van der Waals surface area (Å²) in [6.07, 6.45) is 0.560. The molecule has 1 heterocycles. The summed E-state index contributed by atoms with van der Waals surface area (Å²) in [5.74, 6) is 0.963. The first-order valence-corrected chi connectivity index (χ1v) is 6.75. The number of rotatable bonds is 4. The molecule has 1 atom stereocenters. The summed E-state index contributed by atoms with van der Waals surface area (Å²) in [6, 6.07) is 4.34. The van der Waals surface area contributed by atoms with Crippen molar-refractivity contribution in [2.45, 2.75) is 33.2 Å². The lowest BCUT2D eigenvalue weighted by Crippen LogP contribution is -2.32. The fraction of sp³-hybridized carbons (Fsp3) is 0.533. The molecular weight excluding hydrogens is 240 g/mol. The van der Waals surface area contributed by atoms with E-state index in [1.807, 2.05) is 24.8 Å². The van der Waals surface area contributed by atoms with Crippen LogP contribution in [0.1, 0.15) is 24.5 Å². The molecule has 0 aromatic heterocycles. The molecular formula is C15H22N2O2. The molecule has 1 aromatic carbocycles. The van der Waals surface area contributed by atoms with E-state index in [2.05, 4.69) is 18.3 Å². The van der Waals surface area contributed by atoms with Gasteiger partial charge in [0.1, 0.15) is 5.75 Å². The minimum atomic E-state index is 0.161. The summed E-state index contributed by atoms with van der Waals surface area (Å²) in [4.78, 5) is 14.0. The van der Waals surface area contributed by atoms with Crippen LogP contribution in [-0.4, -0.2) is 32.1 Å². The lowest BCUT2D eigenvalue weighted by molar-refractivity contribution is -0.117. The summed E-state index contributed by atoms with van der Waals surface area (Å²) in [7, 11) is 1.66. The Bertz CT molecular complexity index is 485. The lowest BCUT2D eigenvalue weighted by atomic mass is 10.1. The molecule has 1 aromatic rings. The van der Waals surface area contributed by atoms with E-state index in [1.165, 1.54) is 0 Å². The molecule has 1 N–H and O–H groups in total. The summed E-state index contributed by atoms with van der Waals surface area (Å²) in [6.45, 7) is 7.71. The molecule has 2 rings (SSSR count). The average Bonchev–Trinajstić information content (AvgIpc) is 2.70. The highest BCUT2D eigenvalue weighted by Crippen LogP contribution is 2.35. The highest BCUT2D eigenvalue weighted by atomic mass is 16.5. The van der Waals surface area contributed by atoms with E-state index >= 15 is 0 Å². The van der Waals surface area contributed by atoms with Gasteiger partial charge >= 0.3 is 0 Å². The molecule has 1 saturated heterocycles. The first-order valence-electron chi connectivity index (χ1n) is 6.75. The molecule has 19 heavy (non-hydrogen) atoms. The van der Waals surface area contributed by atoms with Gasteiger partial charge in [-0.25, -0.2) is 0 Å². The van der Waals surface area contributed by atoms with Gasteiger partial charge in [0, 0.05) is 19.0 Å². The molecule has 0 bridgehead atoms. The second kappa shape index (κ2) is 5.61. The van der Waals surface area contributed by atoms with Crippen LogP contribution in [0.5, 0.6) is 5.75 Å². The SMILES string of the molecule is CCNC1CC(=O)N(c2cc(C)cc(C)c2OC)C1. The van der Waals surface area contributed by atoms with Crippen molar-refractivity contribution in [3.8, 4) is 5.75 Å². The Morgan fingerprint density at radius 3 is 2.79 bits per heavy atom. The number of methoxy groups -OCH3 is 1. The molecule has 4 nitrogen and oxygen atoms in total. The van der Waals surface area contributed by atoms with Gasteiger partial charge < -0.3 is 15.0 Å². The Morgan fingerprint density at radius 1 is 1.42 bits per heavy atom. The number of ether oxygens (including phenoxy) is 1. The third-order valence-electron chi connectivity index (χ3n) is 3.51. The molecule has 0 spiro atoms. The number of nitrogens with one attached hydrogen (secondary N) is 1. The zero-order valence-electron chi connectivity index (χ0n) is 12.1. The maximum Gasteiger partial charge on any atom is 0.228 e. The average molecular weight is 262 g/mol. The number of hydrogen-bond acceptors (Lipinski definition) is 3. The largest absolute Gasteiger partial charge is 0.494 e. The molecule has 0 aliphatic carbocycles. The van der Waals surface area contributed by atoms with Gasteiger partial charge in [-0.3, -0.25) is 4.79 Å². The van der Waals surface area contributed by atoms with Crippen LogP contribution >= 0.6 is 0 Å². The quantitative estimate of drug-likeness (QED) is 0.902. The first-order chi connectivity index (χ1) is 9.06.